The van der Waals surface area contributed by atoms with Crippen LogP contribution in [-0.2, 0) is 20.7 Å². The van der Waals surface area contributed by atoms with Gasteiger partial charge in [-0.25, -0.2) is 18.0 Å². The van der Waals surface area contributed by atoms with Crippen molar-refractivity contribution in [2.75, 3.05) is 26.2 Å². The summed E-state index contributed by atoms with van der Waals surface area (Å²) >= 11 is 0. The molecule has 0 unspecified atom stereocenters. The second kappa shape index (κ2) is 16.4. The van der Waals surface area contributed by atoms with Crippen LogP contribution in [0.1, 0.15) is 105 Å². The number of alkyl halides is 1. The van der Waals surface area contributed by atoms with Gasteiger partial charge < -0.3 is 10.1 Å². The van der Waals surface area contributed by atoms with Crippen LogP contribution >= 0.6 is 0 Å². The third-order valence-electron chi connectivity index (χ3n) is 9.25. The Morgan fingerprint density at radius 1 is 1.00 bits per heavy atom. The van der Waals surface area contributed by atoms with E-state index in [2.05, 4.69) is 10.3 Å². The minimum absolute atomic E-state index is 0.0384. The highest BCUT2D eigenvalue weighted by Gasteiger charge is 2.33. The number of amides is 1. The van der Waals surface area contributed by atoms with Gasteiger partial charge in [0.15, 0.2) is 0 Å². The average molecular weight is 697 g/mol. The number of nitrogens with one attached hydrogen (secondary N) is 1. The van der Waals surface area contributed by atoms with Crippen molar-refractivity contribution in [2.45, 2.75) is 106 Å². The van der Waals surface area contributed by atoms with Crippen molar-refractivity contribution in [3.05, 3.63) is 85.6 Å². The van der Waals surface area contributed by atoms with Gasteiger partial charge in [-0.05, 0) is 93.2 Å². The number of carbonyl (C=O) groups excluding carboxylic acids is 2. The fourth-order valence-electron chi connectivity index (χ4n) is 6.97. The molecule has 4 rings (SSSR count). The zero-order chi connectivity index (χ0) is 37.0. The van der Waals surface area contributed by atoms with E-state index in [0.717, 1.165) is 22.3 Å². The lowest BCUT2D eigenvalue weighted by Gasteiger charge is -2.34. The lowest BCUT2D eigenvalue weighted by atomic mass is 9.88. The van der Waals surface area contributed by atoms with E-state index >= 15 is 8.78 Å². The van der Waals surface area contributed by atoms with Gasteiger partial charge in [0, 0.05) is 37.0 Å². The van der Waals surface area contributed by atoms with Gasteiger partial charge >= 0.3 is 11.7 Å². The Bertz CT molecular complexity index is 1760. The Labute approximate surface area is 293 Å². The number of rotatable bonds is 14. The SMILES string of the molecule is CCOC(=O)C[C@H](NC(=O)[C@H](CC(C)C)n1cc(CCN2CC(F)C2)c(C(C)C)nc1=O)c1c(F)c(C)cc(-c2c(C)cc(C)cc2C)c1F. The minimum Gasteiger partial charge on any atom is -0.466 e. The fraction of sp³-hybridized carbons (Fsp3) is 0.538. The van der Waals surface area contributed by atoms with E-state index in [1.165, 1.54) is 17.6 Å². The van der Waals surface area contributed by atoms with Gasteiger partial charge in [0.2, 0.25) is 5.91 Å². The van der Waals surface area contributed by atoms with Crippen LogP contribution in [0, 0.1) is 45.2 Å². The second-order valence-electron chi connectivity index (χ2n) is 14.4. The number of benzene rings is 2. The standard InChI is InChI=1S/C39H51F3N4O4/c1-10-50-32(47)17-30(34-35(41)26(9)16-29(36(34)42)33-24(7)14-23(6)15-25(33)8)43-38(48)31(13-21(2)3)46-18-27(11-12-45-19-28(40)20-45)37(22(4)5)44-39(46)49/h14-16,18,21-22,28,30-31H,10-13,17,19-20H2,1-9H3,(H,43,48)/t30-,31-/m0/s1. The molecular weight excluding hydrogens is 645 g/mol. The number of aryl methyl sites for hydroxylation is 4. The van der Waals surface area contributed by atoms with Gasteiger partial charge in [0.25, 0.3) is 0 Å². The van der Waals surface area contributed by atoms with Gasteiger partial charge in [0.05, 0.1) is 24.8 Å². The van der Waals surface area contributed by atoms with Gasteiger partial charge in [-0.2, -0.15) is 4.98 Å². The largest absolute Gasteiger partial charge is 0.466 e. The molecule has 1 aliphatic heterocycles. The van der Waals surface area contributed by atoms with E-state index in [1.54, 1.807) is 13.1 Å². The quantitative estimate of drug-likeness (QED) is 0.180. The molecule has 2 heterocycles. The summed E-state index contributed by atoms with van der Waals surface area (Å²) < 4.78 is 52.8. The summed E-state index contributed by atoms with van der Waals surface area (Å²) in [6, 6.07) is 2.73. The molecule has 1 aromatic heterocycles. The molecule has 11 heteroatoms. The lowest BCUT2D eigenvalue weighted by molar-refractivity contribution is -0.144. The summed E-state index contributed by atoms with van der Waals surface area (Å²) in [7, 11) is 0. The van der Waals surface area contributed by atoms with Crippen LogP contribution in [0.25, 0.3) is 11.1 Å². The molecule has 2 atom stereocenters. The van der Waals surface area contributed by atoms with Crippen molar-refractivity contribution in [3.8, 4) is 11.1 Å². The van der Waals surface area contributed by atoms with Crippen molar-refractivity contribution in [1.29, 1.82) is 0 Å². The normalized spacial score (nSPS) is 14.9. The van der Waals surface area contributed by atoms with E-state index in [1.807, 2.05) is 65.5 Å². The third-order valence-corrected chi connectivity index (χ3v) is 9.25. The van der Waals surface area contributed by atoms with Crippen LogP contribution in [0.2, 0.25) is 0 Å². The summed E-state index contributed by atoms with van der Waals surface area (Å²) in [6.07, 6.45) is 0.959. The van der Waals surface area contributed by atoms with Crippen LogP contribution in [0.15, 0.2) is 29.2 Å². The first-order valence-electron chi connectivity index (χ1n) is 17.5. The topological polar surface area (TPSA) is 93.5 Å². The van der Waals surface area contributed by atoms with E-state index in [9.17, 15) is 18.8 Å². The fourth-order valence-corrected chi connectivity index (χ4v) is 6.97. The van der Waals surface area contributed by atoms with Crippen molar-refractivity contribution in [1.82, 2.24) is 19.8 Å². The van der Waals surface area contributed by atoms with Gasteiger partial charge in [-0.1, -0.05) is 45.4 Å². The monoisotopic (exact) mass is 696 g/mol. The molecule has 0 aliphatic carbocycles. The molecular formula is C39H51F3N4O4. The van der Waals surface area contributed by atoms with Crippen molar-refractivity contribution < 1.29 is 27.5 Å². The molecule has 0 spiro atoms. The van der Waals surface area contributed by atoms with Crippen LogP contribution in [0.4, 0.5) is 13.2 Å². The number of carbonyl (C=O) groups is 2. The van der Waals surface area contributed by atoms with Crippen molar-refractivity contribution >= 4 is 11.9 Å². The van der Waals surface area contributed by atoms with Gasteiger partial charge in [-0.3, -0.25) is 19.1 Å². The number of esters is 1. The van der Waals surface area contributed by atoms with E-state index < -0.39 is 59.4 Å². The van der Waals surface area contributed by atoms with Crippen LogP contribution in [-0.4, -0.2) is 58.7 Å². The highest BCUT2D eigenvalue weighted by molar-refractivity contribution is 5.82. The summed E-state index contributed by atoms with van der Waals surface area (Å²) in [4.78, 5) is 47.1. The van der Waals surface area contributed by atoms with E-state index in [4.69, 9.17) is 4.74 Å². The molecule has 272 valence electrons. The van der Waals surface area contributed by atoms with Crippen LogP contribution in [0.5, 0.6) is 0 Å². The third kappa shape index (κ3) is 8.83. The molecule has 1 amide bonds. The first kappa shape index (κ1) is 38.8. The molecule has 0 radical (unpaired) electrons. The Balaban J connectivity index is 1.81. The number of hydrogen-bond acceptors (Lipinski definition) is 6. The average Bonchev–Trinajstić information content (AvgIpc) is 3.00. The zero-order valence-corrected chi connectivity index (χ0v) is 30.8. The number of halogens is 3. The smallest absolute Gasteiger partial charge is 0.348 e. The molecule has 0 bridgehead atoms. The van der Waals surface area contributed by atoms with Crippen molar-refractivity contribution in [2.24, 2.45) is 5.92 Å². The highest BCUT2D eigenvalue weighted by Crippen LogP contribution is 2.37. The Kier molecular flexibility index (Phi) is 12.7. The highest BCUT2D eigenvalue weighted by atomic mass is 19.1. The van der Waals surface area contributed by atoms with E-state index in [0.29, 0.717) is 37.3 Å². The molecule has 1 saturated heterocycles. The molecule has 8 nitrogen and oxygen atoms in total. The summed E-state index contributed by atoms with van der Waals surface area (Å²) in [5.41, 5.74) is 3.78. The summed E-state index contributed by atoms with van der Waals surface area (Å²) in [5.74, 6) is -3.34. The Morgan fingerprint density at radius 3 is 2.20 bits per heavy atom. The first-order valence-corrected chi connectivity index (χ1v) is 17.5. The van der Waals surface area contributed by atoms with E-state index in [-0.39, 0.29) is 36.0 Å². The number of likely N-dealkylation sites (tertiary alicyclic amines) is 1. The Hall–Kier alpha value is -3.99. The predicted octanol–water partition coefficient (Wildman–Crippen LogP) is 7.14. The molecule has 0 saturated carbocycles. The maximum absolute atomic E-state index is 16.7. The molecule has 2 aromatic carbocycles. The zero-order valence-electron chi connectivity index (χ0n) is 30.8. The number of ether oxygens (including phenoxy) is 1. The number of nitrogens with zero attached hydrogens (tertiary/aromatic N) is 3. The molecule has 50 heavy (non-hydrogen) atoms. The molecule has 3 aromatic rings. The van der Waals surface area contributed by atoms with Crippen molar-refractivity contribution in [3.63, 3.8) is 0 Å². The minimum atomic E-state index is -1.45. The van der Waals surface area contributed by atoms with Gasteiger partial charge in [0.1, 0.15) is 23.8 Å². The van der Waals surface area contributed by atoms with Crippen LogP contribution < -0.4 is 11.0 Å². The van der Waals surface area contributed by atoms with Gasteiger partial charge in [-0.15, -0.1) is 0 Å². The summed E-state index contributed by atoms with van der Waals surface area (Å²) in [5, 5.41) is 2.75. The summed E-state index contributed by atoms with van der Waals surface area (Å²) in [6.45, 7) is 17.7. The second-order valence-corrected chi connectivity index (χ2v) is 14.4. The maximum atomic E-state index is 16.7. The predicted molar refractivity (Wildman–Crippen MR) is 189 cm³/mol. The molecule has 1 aliphatic rings. The number of hydrogen-bond donors (Lipinski definition) is 1. The Morgan fingerprint density at radius 2 is 1.64 bits per heavy atom. The number of aromatic nitrogens is 2. The molecule has 1 fully saturated rings. The first-order chi connectivity index (χ1) is 23.5. The van der Waals surface area contributed by atoms with Crippen LogP contribution in [0.3, 0.4) is 0 Å². The lowest BCUT2D eigenvalue weighted by Crippen LogP contribution is -2.49. The molecule has 1 N–H and O–H groups in total. The maximum Gasteiger partial charge on any atom is 0.348 e.